The summed E-state index contributed by atoms with van der Waals surface area (Å²) in [6.45, 7) is -3.09. The summed E-state index contributed by atoms with van der Waals surface area (Å²) in [6, 6.07) is 0.768. The Morgan fingerprint density at radius 3 is 2.35 bits per heavy atom. The molecule has 17 nitrogen and oxygen atoms in total. The fraction of sp³-hybridized carbons (Fsp3) is 0.600. The van der Waals surface area contributed by atoms with E-state index in [2.05, 4.69) is 13.1 Å². The minimum Gasteiger partial charge on any atom is -0.384 e. The second-order valence-corrected chi connectivity index (χ2v) is 10.5. The summed E-state index contributed by atoms with van der Waals surface area (Å²) in [7, 11) is -17.1. The molecule has 31 heavy (non-hydrogen) atoms. The maximum atomic E-state index is 15.4. The van der Waals surface area contributed by atoms with E-state index in [4.69, 9.17) is 25.2 Å². The molecule has 2 unspecified atom stereocenters. The Hall–Kier alpha value is -1.10. The quantitative estimate of drug-likeness (QED) is 0.169. The van der Waals surface area contributed by atoms with E-state index in [9.17, 15) is 33.3 Å². The van der Waals surface area contributed by atoms with Crippen LogP contribution in [0, 0.1) is 0 Å². The average Bonchev–Trinajstić information content (AvgIpc) is 2.83. The van der Waals surface area contributed by atoms with Crippen molar-refractivity contribution in [2.24, 2.45) is 5.73 Å². The van der Waals surface area contributed by atoms with E-state index in [0.29, 0.717) is 6.20 Å². The van der Waals surface area contributed by atoms with Crippen molar-refractivity contribution in [2.75, 3.05) is 19.8 Å². The number of hydrogen-bond donors (Lipinski definition) is 7. The molecule has 0 saturated carbocycles. The average molecular weight is 515 g/mol. The van der Waals surface area contributed by atoms with E-state index in [0.717, 1.165) is 6.07 Å². The zero-order chi connectivity index (χ0) is 23.9. The summed E-state index contributed by atoms with van der Waals surface area (Å²) in [5.74, 6) is -3.03. The molecule has 1 aromatic heterocycles. The number of aromatic nitrogens is 2. The zero-order valence-corrected chi connectivity index (χ0v) is 17.7. The van der Waals surface area contributed by atoms with Gasteiger partial charge in [-0.3, -0.25) is 18.9 Å². The van der Waals surface area contributed by atoms with E-state index < -0.39 is 72.0 Å². The summed E-state index contributed by atoms with van der Waals surface area (Å²) in [4.78, 5) is 60.3. The molecule has 5 atom stereocenters. The predicted octanol–water partition coefficient (Wildman–Crippen LogP) is -2.41. The van der Waals surface area contributed by atoms with Gasteiger partial charge in [-0.05, 0) is 0 Å². The Morgan fingerprint density at radius 1 is 1.23 bits per heavy atom. The van der Waals surface area contributed by atoms with Crippen LogP contribution in [0.4, 0.5) is 4.39 Å². The first kappa shape index (κ1) is 26.2. The standard InChI is InChI=1S/C10H17FN3O14P3/c11-10(14-2-1-6(15)13-8(14)17)5-25-9(3-12,7(10)16)4-26-30(21,22)28-31(23,24)27-29(18,19)20/h1-2,7,16H,3-5,12H2,(H,21,22)(H,23,24)(H,13,15,17)(H2,18,19,20)/t7-,9-,10-/m1/s1. The lowest BCUT2D eigenvalue weighted by molar-refractivity contribution is -0.0995. The third-order valence-electron chi connectivity index (χ3n) is 3.94. The molecule has 1 fully saturated rings. The van der Waals surface area contributed by atoms with Crippen LogP contribution in [0.3, 0.4) is 0 Å². The number of ether oxygens (including phenoxy) is 1. The van der Waals surface area contributed by atoms with Crippen LogP contribution in [-0.4, -0.2) is 65.7 Å². The Balaban J connectivity index is 2.22. The van der Waals surface area contributed by atoms with Gasteiger partial charge in [0, 0.05) is 18.8 Å². The molecule has 1 aromatic rings. The van der Waals surface area contributed by atoms with Gasteiger partial charge in [0.1, 0.15) is 18.3 Å². The number of nitrogens with one attached hydrogen (secondary N) is 1. The Kier molecular flexibility index (Phi) is 7.33. The number of aliphatic hydroxyl groups excluding tert-OH is 1. The molecule has 0 amide bonds. The summed E-state index contributed by atoms with van der Waals surface area (Å²) in [5, 5.41) is 10.4. The van der Waals surface area contributed by atoms with E-state index in [-0.39, 0.29) is 4.57 Å². The van der Waals surface area contributed by atoms with Crippen molar-refractivity contribution in [3.63, 3.8) is 0 Å². The zero-order valence-electron chi connectivity index (χ0n) is 15.0. The van der Waals surface area contributed by atoms with E-state index in [1.807, 2.05) is 0 Å². The van der Waals surface area contributed by atoms with Crippen LogP contribution >= 0.6 is 23.5 Å². The highest BCUT2D eigenvalue weighted by molar-refractivity contribution is 7.66. The number of phosphoric acid groups is 3. The molecule has 1 saturated heterocycles. The van der Waals surface area contributed by atoms with Gasteiger partial charge in [-0.15, -0.1) is 0 Å². The fourth-order valence-corrected chi connectivity index (χ4v) is 5.64. The van der Waals surface area contributed by atoms with Crippen molar-refractivity contribution in [1.82, 2.24) is 9.55 Å². The van der Waals surface area contributed by atoms with E-state index in [1.54, 1.807) is 4.98 Å². The number of aliphatic hydroxyl groups is 1. The highest BCUT2D eigenvalue weighted by Gasteiger charge is 2.61. The van der Waals surface area contributed by atoms with E-state index in [1.165, 1.54) is 0 Å². The molecule has 0 aromatic carbocycles. The van der Waals surface area contributed by atoms with Gasteiger partial charge in [-0.25, -0.2) is 22.9 Å². The lowest BCUT2D eigenvalue weighted by Crippen LogP contribution is -2.57. The van der Waals surface area contributed by atoms with Crippen molar-refractivity contribution < 1.29 is 60.6 Å². The van der Waals surface area contributed by atoms with Crippen LogP contribution in [0.1, 0.15) is 0 Å². The Bertz CT molecular complexity index is 1090. The minimum atomic E-state index is -5.82. The fourth-order valence-electron chi connectivity index (χ4n) is 2.56. The van der Waals surface area contributed by atoms with Crippen molar-refractivity contribution in [3.8, 4) is 0 Å². The molecule has 1 aliphatic rings. The summed E-state index contributed by atoms with van der Waals surface area (Å²) in [6.07, 6.45) is -1.64. The second-order valence-electron chi connectivity index (χ2n) is 6.12. The van der Waals surface area contributed by atoms with Crippen LogP contribution in [0.2, 0.25) is 0 Å². The van der Waals surface area contributed by atoms with Crippen LogP contribution < -0.4 is 17.0 Å². The highest BCUT2D eigenvalue weighted by Crippen LogP contribution is 2.66. The topological polar surface area (TPSA) is 270 Å². The molecular formula is C10H17FN3O14P3. The molecule has 21 heteroatoms. The largest absolute Gasteiger partial charge is 0.490 e. The molecule has 1 aliphatic heterocycles. The van der Waals surface area contributed by atoms with Gasteiger partial charge < -0.3 is 35.2 Å². The first-order valence-electron chi connectivity index (χ1n) is 7.77. The van der Waals surface area contributed by atoms with Crippen molar-refractivity contribution >= 4 is 23.5 Å². The van der Waals surface area contributed by atoms with Crippen LogP contribution in [0.25, 0.3) is 0 Å². The maximum Gasteiger partial charge on any atom is 0.490 e. The van der Waals surface area contributed by atoms with Gasteiger partial charge in [-0.1, -0.05) is 0 Å². The number of H-pyrrole nitrogens is 1. The first-order valence-corrected chi connectivity index (χ1v) is 12.3. The van der Waals surface area contributed by atoms with E-state index >= 15 is 4.39 Å². The van der Waals surface area contributed by atoms with Crippen molar-refractivity contribution in [1.29, 1.82) is 0 Å². The molecule has 8 N–H and O–H groups in total. The molecule has 0 bridgehead atoms. The third kappa shape index (κ3) is 6.03. The smallest absolute Gasteiger partial charge is 0.384 e. The summed E-state index contributed by atoms with van der Waals surface area (Å²) >= 11 is 0. The maximum absolute atomic E-state index is 15.4. The summed E-state index contributed by atoms with van der Waals surface area (Å²) < 4.78 is 65.9. The third-order valence-corrected chi connectivity index (χ3v) is 7.72. The molecule has 0 radical (unpaired) electrons. The van der Waals surface area contributed by atoms with Crippen molar-refractivity contribution in [2.45, 2.75) is 17.5 Å². The molecule has 2 heterocycles. The van der Waals surface area contributed by atoms with Crippen molar-refractivity contribution in [3.05, 3.63) is 33.1 Å². The summed E-state index contributed by atoms with van der Waals surface area (Å²) in [5.41, 5.74) is 0.999. The van der Waals surface area contributed by atoms with Gasteiger partial charge in [-0.2, -0.15) is 8.62 Å². The number of hydrogen-bond acceptors (Lipinski definition) is 11. The lowest BCUT2D eigenvalue weighted by atomic mass is 9.93. The van der Waals surface area contributed by atoms with Crippen LogP contribution in [-0.2, 0) is 37.4 Å². The number of alkyl halides is 1. The van der Waals surface area contributed by atoms with Gasteiger partial charge in [0.05, 0.1) is 6.61 Å². The van der Waals surface area contributed by atoms with Gasteiger partial charge in [0.2, 0.25) is 5.79 Å². The number of rotatable bonds is 9. The number of aromatic amines is 1. The van der Waals surface area contributed by atoms with Crippen LogP contribution in [0.5, 0.6) is 0 Å². The minimum absolute atomic E-state index is 0.279. The second kappa shape index (κ2) is 8.68. The number of nitrogens with zero attached hydrogens (tertiary/aromatic N) is 1. The SMILES string of the molecule is NC[C@]1(COP(=O)(O)OP(=O)(O)OP(=O)(O)O)OC[C@@](F)(n2ccc(=O)[nH]c2=O)[C@@H]1O. The molecule has 2 rings (SSSR count). The highest BCUT2D eigenvalue weighted by atomic mass is 31.3. The first-order chi connectivity index (χ1) is 14.0. The Morgan fingerprint density at radius 2 is 1.84 bits per heavy atom. The normalized spacial score (nSPS) is 30.6. The molecule has 0 spiro atoms. The number of halogens is 1. The predicted molar refractivity (Wildman–Crippen MR) is 94.0 cm³/mol. The van der Waals surface area contributed by atoms with Crippen LogP contribution in [0.15, 0.2) is 21.9 Å². The van der Waals surface area contributed by atoms with Gasteiger partial charge in [0.15, 0.2) is 0 Å². The van der Waals surface area contributed by atoms with Gasteiger partial charge in [0.25, 0.3) is 5.56 Å². The number of nitrogens with two attached hydrogens (primary N) is 1. The molecule has 178 valence electrons. The lowest BCUT2D eigenvalue weighted by Gasteiger charge is -2.33. The Labute approximate surface area is 170 Å². The number of phosphoric ester groups is 1. The monoisotopic (exact) mass is 515 g/mol. The molecular weight excluding hydrogens is 498 g/mol. The van der Waals surface area contributed by atoms with Gasteiger partial charge >= 0.3 is 29.2 Å². The molecule has 0 aliphatic carbocycles.